The first-order valence-electron chi connectivity index (χ1n) is 7.97. The van der Waals surface area contributed by atoms with Crippen LogP contribution in [0.25, 0.3) is 0 Å². The van der Waals surface area contributed by atoms with Crippen molar-refractivity contribution < 1.29 is 4.79 Å². The van der Waals surface area contributed by atoms with Gasteiger partial charge in [0.05, 0.1) is 5.69 Å². The Morgan fingerprint density at radius 1 is 1.24 bits per heavy atom. The highest BCUT2D eigenvalue weighted by Gasteiger charge is 2.14. The Hall–Kier alpha value is -1.91. The smallest absolute Gasteiger partial charge is 0.240 e. The van der Waals surface area contributed by atoms with Crippen molar-refractivity contribution in [2.24, 2.45) is 0 Å². The molecule has 2 aromatic rings. The maximum absolute atomic E-state index is 12.2. The molecule has 0 fully saturated rings. The second-order valence-corrected chi connectivity index (χ2v) is 6.49. The van der Waals surface area contributed by atoms with E-state index in [2.05, 4.69) is 11.9 Å². The van der Waals surface area contributed by atoms with Crippen LogP contribution in [-0.4, -0.2) is 18.7 Å². The molecule has 25 heavy (non-hydrogen) atoms. The third-order valence-electron chi connectivity index (χ3n) is 3.35. The molecule has 3 nitrogen and oxygen atoms in total. The fourth-order valence-corrected chi connectivity index (χ4v) is 2.91. The molecule has 0 aliphatic rings. The Bertz CT molecular complexity index is 677. The maximum atomic E-state index is 12.2. The summed E-state index contributed by atoms with van der Waals surface area (Å²) in [4.78, 5) is 12.2. The molecular weight excluding hydrogens is 352 g/mol. The van der Waals surface area contributed by atoms with Gasteiger partial charge in [0, 0.05) is 17.8 Å². The van der Waals surface area contributed by atoms with E-state index >= 15 is 0 Å². The summed E-state index contributed by atoms with van der Waals surface area (Å²) in [5.41, 5.74) is 3.04. The average Bonchev–Trinajstić information content (AvgIpc) is 2.62. The topological polar surface area (TPSA) is 32.3 Å². The van der Waals surface area contributed by atoms with Gasteiger partial charge in [0.1, 0.15) is 6.54 Å². The lowest BCUT2D eigenvalue weighted by Crippen LogP contribution is -2.33. The van der Waals surface area contributed by atoms with Gasteiger partial charge in [-0.3, -0.25) is 4.79 Å². The number of amides is 1. The zero-order valence-corrected chi connectivity index (χ0v) is 16.5. The molecule has 0 aromatic heterocycles. The number of benzene rings is 2. The molecule has 0 aliphatic carbocycles. The Morgan fingerprint density at radius 3 is 2.48 bits per heavy atom. The second-order valence-electron chi connectivity index (χ2n) is 5.27. The molecule has 0 spiro atoms. The summed E-state index contributed by atoms with van der Waals surface area (Å²) in [5, 5.41) is 3.65. The number of halogens is 1. The predicted molar refractivity (Wildman–Crippen MR) is 111 cm³/mol. The Kier molecular flexibility index (Phi) is 9.81. The number of carbonyl (C=O) groups excluding carboxylic acids is 1. The maximum Gasteiger partial charge on any atom is 0.240 e. The standard InChI is InChI=1S/C17H19ClN2OS.C3H6/c1-13-15(18)9-6-10-16(13)20(22-2)12-17(21)19-11-14-7-4-3-5-8-14;1-3-2/h3-10H,11-12H2,1-2H3,(H,19,21);3H,1H2,2H3. The van der Waals surface area contributed by atoms with Gasteiger partial charge in [-0.15, -0.1) is 6.58 Å². The molecule has 1 N–H and O–H groups in total. The molecule has 0 atom stereocenters. The van der Waals surface area contributed by atoms with Crippen LogP contribution in [-0.2, 0) is 11.3 Å². The lowest BCUT2D eigenvalue weighted by Gasteiger charge is -2.23. The molecule has 0 heterocycles. The first kappa shape index (κ1) is 21.1. The van der Waals surface area contributed by atoms with Crippen LogP contribution < -0.4 is 9.62 Å². The summed E-state index contributed by atoms with van der Waals surface area (Å²) in [5.74, 6) is -0.0161. The van der Waals surface area contributed by atoms with Crippen molar-refractivity contribution >= 4 is 35.1 Å². The minimum atomic E-state index is -0.0161. The minimum absolute atomic E-state index is 0.0161. The number of rotatable bonds is 6. The first-order valence-corrected chi connectivity index (χ1v) is 9.53. The van der Waals surface area contributed by atoms with Crippen molar-refractivity contribution in [2.75, 3.05) is 17.1 Å². The lowest BCUT2D eigenvalue weighted by molar-refractivity contribution is -0.119. The molecule has 1 amide bonds. The molecule has 0 aliphatic heterocycles. The van der Waals surface area contributed by atoms with Gasteiger partial charge >= 0.3 is 0 Å². The van der Waals surface area contributed by atoms with Gasteiger partial charge in [-0.1, -0.05) is 66.0 Å². The number of carbonyl (C=O) groups is 1. The van der Waals surface area contributed by atoms with Gasteiger partial charge < -0.3 is 9.62 Å². The number of nitrogens with one attached hydrogen (secondary N) is 1. The molecule has 134 valence electrons. The van der Waals surface area contributed by atoms with E-state index < -0.39 is 0 Å². The van der Waals surface area contributed by atoms with Crippen molar-refractivity contribution in [1.82, 2.24) is 5.32 Å². The molecular formula is C20H25ClN2OS. The van der Waals surface area contributed by atoms with Gasteiger partial charge in [-0.2, -0.15) is 0 Å². The Morgan fingerprint density at radius 2 is 1.88 bits per heavy atom. The largest absolute Gasteiger partial charge is 0.350 e. The molecule has 0 saturated carbocycles. The third kappa shape index (κ3) is 7.24. The highest BCUT2D eigenvalue weighted by Crippen LogP contribution is 2.29. The summed E-state index contributed by atoms with van der Waals surface area (Å²) < 4.78 is 1.95. The number of anilines is 1. The van der Waals surface area contributed by atoms with Crippen molar-refractivity contribution in [2.45, 2.75) is 20.4 Å². The summed E-state index contributed by atoms with van der Waals surface area (Å²) in [7, 11) is 0. The second kappa shape index (κ2) is 11.6. The molecule has 0 radical (unpaired) electrons. The van der Waals surface area contributed by atoms with E-state index in [4.69, 9.17) is 11.6 Å². The van der Waals surface area contributed by atoms with Gasteiger partial charge in [-0.05, 0) is 37.1 Å². The monoisotopic (exact) mass is 376 g/mol. The normalized spacial score (nSPS) is 9.60. The van der Waals surface area contributed by atoms with E-state index in [0.29, 0.717) is 11.6 Å². The molecule has 2 aromatic carbocycles. The van der Waals surface area contributed by atoms with Crippen LogP contribution in [0.1, 0.15) is 18.1 Å². The van der Waals surface area contributed by atoms with Crippen molar-refractivity contribution in [1.29, 1.82) is 0 Å². The zero-order valence-electron chi connectivity index (χ0n) is 15.0. The van der Waals surface area contributed by atoms with Crippen LogP contribution in [0.15, 0.2) is 61.2 Å². The quantitative estimate of drug-likeness (QED) is 0.552. The van der Waals surface area contributed by atoms with Crippen LogP contribution in [0.2, 0.25) is 5.02 Å². The van der Waals surface area contributed by atoms with E-state index in [1.54, 1.807) is 6.08 Å². The van der Waals surface area contributed by atoms with E-state index in [-0.39, 0.29) is 12.5 Å². The Balaban J connectivity index is 0.000000970. The van der Waals surface area contributed by atoms with Crippen molar-refractivity contribution in [3.8, 4) is 0 Å². The summed E-state index contributed by atoms with van der Waals surface area (Å²) >= 11 is 7.67. The fourth-order valence-electron chi connectivity index (χ4n) is 2.10. The number of hydrogen-bond donors (Lipinski definition) is 1. The van der Waals surface area contributed by atoms with Crippen LogP contribution in [0.5, 0.6) is 0 Å². The highest BCUT2D eigenvalue weighted by molar-refractivity contribution is 8.00. The van der Waals surface area contributed by atoms with Crippen LogP contribution in [0.3, 0.4) is 0 Å². The van der Waals surface area contributed by atoms with Crippen LogP contribution in [0.4, 0.5) is 5.69 Å². The highest BCUT2D eigenvalue weighted by atomic mass is 35.5. The summed E-state index contributed by atoms with van der Waals surface area (Å²) in [6, 6.07) is 15.6. The number of nitrogens with zero attached hydrogens (tertiary/aromatic N) is 1. The lowest BCUT2D eigenvalue weighted by atomic mass is 10.2. The third-order valence-corrected chi connectivity index (χ3v) is 4.52. The zero-order chi connectivity index (χ0) is 18.7. The molecule has 0 unspecified atom stereocenters. The summed E-state index contributed by atoms with van der Waals surface area (Å²) in [6.07, 6.45) is 3.70. The van der Waals surface area contributed by atoms with E-state index in [1.807, 2.05) is 72.9 Å². The SMILES string of the molecule is C=CC.CSN(CC(=O)NCc1ccccc1)c1cccc(Cl)c1C. The van der Waals surface area contributed by atoms with Crippen molar-refractivity contribution in [3.05, 3.63) is 77.3 Å². The average molecular weight is 377 g/mol. The fraction of sp³-hybridized carbons (Fsp3) is 0.250. The van der Waals surface area contributed by atoms with Gasteiger partial charge in [-0.25, -0.2) is 0 Å². The van der Waals surface area contributed by atoms with Crippen LogP contribution in [0, 0.1) is 6.92 Å². The predicted octanol–water partition coefficient (Wildman–Crippen LogP) is 5.24. The Labute approximate surface area is 160 Å². The van der Waals surface area contributed by atoms with E-state index in [1.165, 1.54) is 11.9 Å². The molecule has 5 heteroatoms. The van der Waals surface area contributed by atoms with Gasteiger partial charge in [0.25, 0.3) is 0 Å². The molecule has 0 bridgehead atoms. The first-order chi connectivity index (χ1) is 12.0. The summed E-state index contributed by atoms with van der Waals surface area (Å²) in [6.45, 7) is 8.04. The molecule has 2 rings (SSSR count). The van der Waals surface area contributed by atoms with Gasteiger partial charge in [0.15, 0.2) is 0 Å². The molecule has 0 saturated heterocycles. The number of allylic oxidation sites excluding steroid dienone is 1. The number of hydrogen-bond acceptors (Lipinski definition) is 3. The van der Waals surface area contributed by atoms with Crippen LogP contribution >= 0.6 is 23.5 Å². The minimum Gasteiger partial charge on any atom is -0.350 e. The van der Waals surface area contributed by atoms with E-state index in [0.717, 1.165) is 16.8 Å². The van der Waals surface area contributed by atoms with Crippen molar-refractivity contribution in [3.63, 3.8) is 0 Å². The van der Waals surface area contributed by atoms with Gasteiger partial charge in [0.2, 0.25) is 5.91 Å². The van der Waals surface area contributed by atoms with E-state index in [9.17, 15) is 4.79 Å².